The molecular weight excluding hydrogens is 228 g/mol. The van der Waals surface area contributed by atoms with Gasteiger partial charge in [0.1, 0.15) is 6.23 Å². The summed E-state index contributed by atoms with van der Waals surface area (Å²) in [6.07, 6.45) is 9.21. The second-order valence-electron chi connectivity index (χ2n) is 5.00. The first-order chi connectivity index (χ1) is 8.83. The maximum atomic E-state index is 11.6. The molecule has 0 radical (unpaired) electrons. The van der Waals surface area contributed by atoms with Gasteiger partial charge in [-0.05, 0) is 6.42 Å². The molecule has 1 aliphatic heterocycles. The Morgan fingerprint density at radius 3 is 2.61 bits per heavy atom. The number of rotatable bonds is 9. The van der Waals surface area contributed by atoms with Crippen molar-refractivity contribution in [3.8, 4) is 0 Å². The zero-order valence-corrected chi connectivity index (χ0v) is 11.7. The van der Waals surface area contributed by atoms with Gasteiger partial charge < -0.3 is 15.4 Å². The lowest BCUT2D eigenvalue weighted by Crippen LogP contribution is -2.48. The first kappa shape index (κ1) is 15.4. The summed E-state index contributed by atoms with van der Waals surface area (Å²) < 4.78 is 5.43. The molecule has 1 atom stereocenters. The van der Waals surface area contributed by atoms with E-state index in [1.54, 1.807) is 0 Å². The summed E-state index contributed by atoms with van der Waals surface area (Å²) in [5, 5.41) is 6.10. The Hall–Kier alpha value is -0.610. The summed E-state index contributed by atoms with van der Waals surface area (Å²) in [6, 6.07) is 0. The van der Waals surface area contributed by atoms with Crippen LogP contribution >= 0.6 is 0 Å². The van der Waals surface area contributed by atoms with Crippen molar-refractivity contribution < 1.29 is 9.53 Å². The Morgan fingerprint density at radius 1 is 1.22 bits per heavy atom. The Morgan fingerprint density at radius 2 is 1.94 bits per heavy atom. The third-order valence-electron chi connectivity index (χ3n) is 3.26. The quantitative estimate of drug-likeness (QED) is 0.622. The fraction of sp³-hybridized carbons (Fsp3) is 0.929. The van der Waals surface area contributed by atoms with Gasteiger partial charge in [-0.25, -0.2) is 0 Å². The Bertz CT molecular complexity index is 216. The largest absolute Gasteiger partial charge is 0.356 e. The molecule has 4 heteroatoms. The van der Waals surface area contributed by atoms with E-state index in [9.17, 15) is 4.79 Å². The molecule has 1 aliphatic rings. The molecule has 0 spiro atoms. The molecule has 1 heterocycles. The monoisotopic (exact) mass is 256 g/mol. The zero-order valence-electron chi connectivity index (χ0n) is 11.7. The van der Waals surface area contributed by atoms with E-state index in [1.807, 2.05) is 0 Å². The molecule has 1 unspecified atom stereocenters. The maximum absolute atomic E-state index is 11.6. The number of carbonyl (C=O) groups excluding carboxylic acids is 1. The first-order valence-corrected chi connectivity index (χ1v) is 7.44. The minimum atomic E-state index is -0.129. The predicted octanol–water partition coefficient (Wildman–Crippen LogP) is 2.19. The number of carbonyl (C=O) groups is 1. The molecule has 4 nitrogen and oxygen atoms in total. The van der Waals surface area contributed by atoms with Crippen LogP contribution in [0.2, 0.25) is 0 Å². The van der Waals surface area contributed by atoms with Crippen molar-refractivity contribution in [2.24, 2.45) is 0 Å². The van der Waals surface area contributed by atoms with Gasteiger partial charge in [0.25, 0.3) is 0 Å². The Balaban J connectivity index is 1.90. The van der Waals surface area contributed by atoms with Crippen molar-refractivity contribution in [1.29, 1.82) is 0 Å². The number of hydrogen-bond donors (Lipinski definition) is 2. The third kappa shape index (κ3) is 7.67. The maximum Gasteiger partial charge on any atom is 0.222 e. The van der Waals surface area contributed by atoms with Crippen LogP contribution in [-0.2, 0) is 9.53 Å². The number of ether oxygens (including phenoxy) is 1. The van der Waals surface area contributed by atoms with Crippen LogP contribution in [0.15, 0.2) is 0 Å². The van der Waals surface area contributed by atoms with Gasteiger partial charge in [0.15, 0.2) is 0 Å². The highest BCUT2D eigenvalue weighted by Crippen LogP contribution is 2.08. The van der Waals surface area contributed by atoms with Crippen LogP contribution in [0.5, 0.6) is 0 Å². The minimum absolute atomic E-state index is 0.122. The van der Waals surface area contributed by atoms with Crippen molar-refractivity contribution in [1.82, 2.24) is 10.6 Å². The molecule has 18 heavy (non-hydrogen) atoms. The topological polar surface area (TPSA) is 50.4 Å². The molecule has 0 saturated carbocycles. The second-order valence-corrected chi connectivity index (χ2v) is 5.00. The van der Waals surface area contributed by atoms with Gasteiger partial charge >= 0.3 is 0 Å². The first-order valence-electron chi connectivity index (χ1n) is 7.44. The van der Waals surface area contributed by atoms with E-state index in [2.05, 4.69) is 17.6 Å². The van der Waals surface area contributed by atoms with Crippen LogP contribution in [0.1, 0.15) is 58.3 Å². The van der Waals surface area contributed by atoms with Crippen molar-refractivity contribution in [2.45, 2.75) is 64.5 Å². The number of morpholine rings is 1. The molecule has 0 aromatic carbocycles. The van der Waals surface area contributed by atoms with Gasteiger partial charge in [0, 0.05) is 19.5 Å². The number of hydrogen-bond acceptors (Lipinski definition) is 3. The molecule has 0 aliphatic carbocycles. The van der Waals surface area contributed by atoms with Crippen LogP contribution in [-0.4, -0.2) is 31.8 Å². The highest BCUT2D eigenvalue weighted by Gasteiger charge is 2.14. The van der Waals surface area contributed by atoms with Gasteiger partial charge in [0.05, 0.1) is 6.61 Å². The van der Waals surface area contributed by atoms with E-state index in [-0.39, 0.29) is 12.1 Å². The normalized spacial score (nSPS) is 19.7. The highest BCUT2D eigenvalue weighted by molar-refractivity contribution is 5.76. The van der Waals surface area contributed by atoms with Crippen LogP contribution in [0.25, 0.3) is 0 Å². The van der Waals surface area contributed by atoms with E-state index in [0.717, 1.165) is 19.5 Å². The molecule has 1 saturated heterocycles. The molecule has 1 amide bonds. The van der Waals surface area contributed by atoms with Crippen molar-refractivity contribution >= 4 is 5.91 Å². The van der Waals surface area contributed by atoms with Crippen molar-refractivity contribution in [3.05, 3.63) is 0 Å². The fourth-order valence-electron chi connectivity index (χ4n) is 2.15. The molecule has 2 N–H and O–H groups in total. The predicted molar refractivity (Wildman–Crippen MR) is 73.4 cm³/mol. The van der Waals surface area contributed by atoms with Crippen LogP contribution in [0, 0.1) is 0 Å². The number of unbranched alkanes of at least 4 members (excludes halogenated alkanes) is 6. The van der Waals surface area contributed by atoms with Gasteiger partial charge in [-0.15, -0.1) is 0 Å². The summed E-state index contributed by atoms with van der Waals surface area (Å²) >= 11 is 0. The van der Waals surface area contributed by atoms with E-state index >= 15 is 0 Å². The minimum Gasteiger partial charge on any atom is -0.356 e. The van der Waals surface area contributed by atoms with E-state index in [4.69, 9.17) is 4.74 Å². The van der Waals surface area contributed by atoms with Crippen LogP contribution < -0.4 is 10.6 Å². The lowest BCUT2D eigenvalue weighted by Gasteiger charge is -2.24. The van der Waals surface area contributed by atoms with E-state index < -0.39 is 0 Å². The fourth-order valence-corrected chi connectivity index (χ4v) is 2.15. The molecule has 1 rings (SSSR count). The average molecular weight is 256 g/mol. The molecule has 0 bridgehead atoms. The summed E-state index contributed by atoms with van der Waals surface area (Å²) in [4.78, 5) is 11.6. The number of nitrogens with one attached hydrogen (secondary N) is 2. The Labute approximate surface area is 111 Å². The Kier molecular flexibility index (Phi) is 8.86. The second kappa shape index (κ2) is 10.3. The molecule has 0 aromatic rings. The molecule has 1 fully saturated rings. The SMILES string of the molecule is CCCCCCCCCC(=O)NC1CNCCO1. The van der Waals surface area contributed by atoms with E-state index in [1.165, 1.54) is 38.5 Å². The van der Waals surface area contributed by atoms with Gasteiger partial charge in [-0.2, -0.15) is 0 Å². The highest BCUT2D eigenvalue weighted by atomic mass is 16.5. The van der Waals surface area contributed by atoms with Gasteiger partial charge in [-0.3, -0.25) is 4.79 Å². The standard InChI is InChI=1S/C14H28N2O2/c1-2-3-4-5-6-7-8-9-13(17)16-14-12-15-10-11-18-14/h14-15H,2-12H2,1H3,(H,16,17). The summed E-state index contributed by atoms with van der Waals surface area (Å²) in [5.74, 6) is 0.122. The summed E-state index contributed by atoms with van der Waals surface area (Å²) in [7, 11) is 0. The lowest BCUT2D eigenvalue weighted by atomic mass is 10.1. The van der Waals surface area contributed by atoms with Gasteiger partial charge in [0.2, 0.25) is 5.91 Å². The van der Waals surface area contributed by atoms with E-state index in [0.29, 0.717) is 13.0 Å². The van der Waals surface area contributed by atoms with Crippen LogP contribution in [0.3, 0.4) is 0 Å². The number of amides is 1. The molecule has 0 aromatic heterocycles. The van der Waals surface area contributed by atoms with Crippen molar-refractivity contribution in [3.63, 3.8) is 0 Å². The smallest absolute Gasteiger partial charge is 0.222 e. The van der Waals surface area contributed by atoms with Crippen LogP contribution in [0.4, 0.5) is 0 Å². The van der Waals surface area contributed by atoms with Crippen molar-refractivity contribution in [2.75, 3.05) is 19.7 Å². The molecule has 106 valence electrons. The summed E-state index contributed by atoms with van der Waals surface area (Å²) in [5.41, 5.74) is 0. The lowest BCUT2D eigenvalue weighted by molar-refractivity contribution is -0.126. The van der Waals surface area contributed by atoms with Gasteiger partial charge in [-0.1, -0.05) is 45.4 Å². The summed E-state index contributed by atoms with van der Waals surface area (Å²) in [6.45, 7) is 4.52. The average Bonchev–Trinajstić information content (AvgIpc) is 2.39. The molecular formula is C14H28N2O2. The third-order valence-corrected chi connectivity index (χ3v) is 3.26. The zero-order chi connectivity index (χ0) is 13.1.